The fourth-order valence-corrected chi connectivity index (χ4v) is 0.852. The van der Waals surface area contributed by atoms with E-state index in [4.69, 9.17) is 10.5 Å². The Morgan fingerprint density at radius 3 is 2.79 bits per heavy atom. The van der Waals surface area contributed by atoms with Crippen molar-refractivity contribution in [2.24, 2.45) is 0 Å². The molecule has 1 heterocycles. The average molecular weight is 199 g/mol. The van der Waals surface area contributed by atoms with E-state index >= 15 is 0 Å². The van der Waals surface area contributed by atoms with Crippen molar-refractivity contribution in [3.05, 3.63) is 27.0 Å². The summed E-state index contributed by atoms with van der Waals surface area (Å²) in [7, 11) is 0. The molecule has 0 saturated heterocycles. The van der Waals surface area contributed by atoms with Gasteiger partial charge in [0.2, 0.25) is 0 Å². The van der Waals surface area contributed by atoms with Crippen LogP contribution in [0.3, 0.4) is 0 Å². The summed E-state index contributed by atoms with van der Waals surface area (Å²) >= 11 is 0. The van der Waals surface area contributed by atoms with E-state index in [0.29, 0.717) is 0 Å². The Balaban J connectivity index is 2.93. The molecule has 0 aromatic carbocycles. The van der Waals surface area contributed by atoms with Crippen molar-refractivity contribution in [2.45, 2.75) is 26.7 Å². The second-order valence-electron chi connectivity index (χ2n) is 3.16. The summed E-state index contributed by atoms with van der Waals surface area (Å²) in [6.07, 6.45) is 1.28. The van der Waals surface area contributed by atoms with Crippen LogP contribution in [0.2, 0.25) is 0 Å². The predicted molar refractivity (Wildman–Crippen MR) is 52.0 cm³/mol. The van der Waals surface area contributed by atoms with Crippen molar-refractivity contribution in [2.75, 3.05) is 5.73 Å². The number of H-pyrrole nitrogens is 1. The van der Waals surface area contributed by atoms with Gasteiger partial charge in [-0.3, -0.25) is 14.3 Å². The molecule has 3 N–H and O–H groups in total. The molecule has 0 aliphatic rings. The average Bonchev–Trinajstić information content (AvgIpc) is 2.09. The minimum absolute atomic E-state index is 0.00282. The molecule has 0 saturated carbocycles. The van der Waals surface area contributed by atoms with Crippen LogP contribution in [0.15, 0.2) is 15.8 Å². The van der Waals surface area contributed by atoms with Gasteiger partial charge in [0, 0.05) is 6.20 Å². The molecule has 6 nitrogen and oxygen atoms in total. The second-order valence-corrected chi connectivity index (χ2v) is 3.16. The van der Waals surface area contributed by atoms with E-state index in [1.807, 2.05) is 13.8 Å². The molecule has 14 heavy (non-hydrogen) atoms. The third-order valence-electron chi connectivity index (χ3n) is 1.59. The zero-order valence-electron chi connectivity index (χ0n) is 8.11. The lowest BCUT2D eigenvalue weighted by Crippen LogP contribution is -2.32. The van der Waals surface area contributed by atoms with Crippen LogP contribution in [-0.4, -0.2) is 15.7 Å². The van der Waals surface area contributed by atoms with Crippen LogP contribution in [-0.2, 0) is 11.5 Å². The summed E-state index contributed by atoms with van der Waals surface area (Å²) < 4.78 is 6.39. The molecule has 78 valence electrons. The van der Waals surface area contributed by atoms with E-state index in [-0.39, 0.29) is 18.5 Å². The molecule has 0 fully saturated rings. The largest absolute Gasteiger partial charge is 0.393 e. The van der Waals surface area contributed by atoms with Gasteiger partial charge in [0.15, 0.2) is 0 Å². The van der Waals surface area contributed by atoms with Gasteiger partial charge in [0.25, 0.3) is 5.56 Å². The van der Waals surface area contributed by atoms with E-state index in [1.54, 1.807) is 0 Å². The second kappa shape index (κ2) is 4.10. The van der Waals surface area contributed by atoms with Crippen LogP contribution in [0, 0.1) is 0 Å². The first-order chi connectivity index (χ1) is 6.50. The number of aromatic nitrogens is 2. The van der Waals surface area contributed by atoms with Crippen LogP contribution in [0.4, 0.5) is 5.69 Å². The molecule has 0 radical (unpaired) electrons. The summed E-state index contributed by atoms with van der Waals surface area (Å²) in [5.41, 5.74) is 4.24. The Bertz CT molecular complexity index is 419. The first kappa shape index (κ1) is 10.5. The lowest BCUT2D eigenvalue weighted by molar-refractivity contribution is 0.0261. The van der Waals surface area contributed by atoms with Crippen LogP contribution < -0.4 is 17.0 Å². The lowest BCUT2D eigenvalue weighted by atomic mass is 10.5. The van der Waals surface area contributed by atoms with Crippen LogP contribution in [0.1, 0.15) is 13.8 Å². The number of nitrogen functional groups attached to an aromatic ring is 1. The van der Waals surface area contributed by atoms with Gasteiger partial charge in [-0.05, 0) is 13.8 Å². The number of nitrogens with one attached hydrogen (secondary N) is 1. The quantitative estimate of drug-likeness (QED) is 0.686. The molecule has 6 heteroatoms. The molecule has 0 aliphatic heterocycles. The normalized spacial score (nSPS) is 10.8. The SMILES string of the molecule is CC(C)OCn1cc(N)c(=O)[nH]c1=O. The van der Waals surface area contributed by atoms with Gasteiger partial charge in [-0.25, -0.2) is 4.79 Å². The van der Waals surface area contributed by atoms with Crippen molar-refractivity contribution < 1.29 is 4.74 Å². The summed E-state index contributed by atoms with van der Waals surface area (Å²) in [5, 5.41) is 0. The number of hydrogen-bond acceptors (Lipinski definition) is 4. The highest BCUT2D eigenvalue weighted by Gasteiger charge is 2.01. The van der Waals surface area contributed by atoms with Gasteiger partial charge < -0.3 is 10.5 Å². The van der Waals surface area contributed by atoms with E-state index in [9.17, 15) is 9.59 Å². The summed E-state index contributed by atoms with van der Waals surface area (Å²) in [5.74, 6) is 0. The number of nitrogens with zero attached hydrogens (tertiary/aromatic N) is 1. The molecule has 1 rings (SSSR count). The zero-order valence-corrected chi connectivity index (χ0v) is 8.11. The highest BCUT2D eigenvalue weighted by atomic mass is 16.5. The van der Waals surface area contributed by atoms with Crippen molar-refractivity contribution in [3.63, 3.8) is 0 Å². The monoisotopic (exact) mass is 199 g/mol. The van der Waals surface area contributed by atoms with Gasteiger partial charge in [-0.15, -0.1) is 0 Å². The van der Waals surface area contributed by atoms with Crippen molar-refractivity contribution in [1.29, 1.82) is 0 Å². The maximum Gasteiger partial charge on any atom is 0.330 e. The molecule has 1 aromatic rings. The van der Waals surface area contributed by atoms with Gasteiger partial charge in [-0.1, -0.05) is 0 Å². The topological polar surface area (TPSA) is 90.1 Å². The maximum absolute atomic E-state index is 11.2. The van der Waals surface area contributed by atoms with E-state index < -0.39 is 11.2 Å². The number of aromatic amines is 1. The summed E-state index contributed by atoms with van der Waals surface area (Å²) in [6.45, 7) is 3.78. The molecule has 0 atom stereocenters. The number of hydrogen-bond donors (Lipinski definition) is 2. The third-order valence-corrected chi connectivity index (χ3v) is 1.59. The summed E-state index contributed by atoms with van der Waals surface area (Å²) in [6, 6.07) is 0. The van der Waals surface area contributed by atoms with Crippen molar-refractivity contribution >= 4 is 5.69 Å². The summed E-state index contributed by atoms with van der Waals surface area (Å²) in [4.78, 5) is 24.1. The fourth-order valence-electron chi connectivity index (χ4n) is 0.852. The molecule has 0 spiro atoms. The number of nitrogens with two attached hydrogens (primary N) is 1. The number of anilines is 1. The third kappa shape index (κ3) is 2.46. The molecular formula is C8H13N3O3. The Labute approximate surface area is 80.3 Å². The fraction of sp³-hybridized carbons (Fsp3) is 0.500. The molecule has 1 aromatic heterocycles. The van der Waals surface area contributed by atoms with Gasteiger partial charge in [0.1, 0.15) is 12.4 Å². The Kier molecular flexibility index (Phi) is 3.08. The Morgan fingerprint density at radius 2 is 2.21 bits per heavy atom. The molecule has 0 amide bonds. The standard InChI is InChI=1S/C8H13N3O3/c1-5(2)14-4-11-3-6(9)7(12)10-8(11)13/h3,5H,4,9H2,1-2H3,(H,10,12,13). The smallest absolute Gasteiger partial charge is 0.330 e. The van der Waals surface area contributed by atoms with Crippen LogP contribution in [0.5, 0.6) is 0 Å². The van der Waals surface area contributed by atoms with E-state index in [1.165, 1.54) is 10.8 Å². The minimum atomic E-state index is -0.573. The first-order valence-electron chi connectivity index (χ1n) is 4.21. The van der Waals surface area contributed by atoms with Crippen molar-refractivity contribution in [3.8, 4) is 0 Å². The van der Waals surface area contributed by atoms with Crippen molar-refractivity contribution in [1.82, 2.24) is 9.55 Å². The Hall–Kier alpha value is -1.56. The highest BCUT2D eigenvalue weighted by molar-refractivity contribution is 5.29. The number of ether oxygens (including phenoxy) is 1. The Morgan fingerprint density at radius 1 is 1.57 bits per heavy atom. The van der Waals surface area contributed by atoms with Gasteiger partial charge in [-0.2, -0.15) is 0 Å². The van der Waals surface area contributed by atoms with E-state index in [0.717, 1.165) is 0 Å². The van der Waals surface area contributed by atoms with E-state index in [2.05, 4.69) is 4.98 Å². The zero-order chi connectivity index (χ0) is 10.7. The lowest BCUT2D eigenvalue weighted by Gasteiger charge is -2.09. The highest BCUT2D eigenvalue weighted by Crippen LogP contribution is 1.92. The van der Waals surface area contributed by atoms with Gasteiger partial charge >= 0.3 is 5.69 Å². The maximum atomic E-state index is 11.2. The van der Waals surface area contributed by atoms with Crippen LogP contribution >= 0.6 is 0 Å². The molecule has 0 aliphatic carbocycles. The molecule has 0 unspecified atom stereocenters. The predicted octanol–water partition coefficient (Wildman–Crippen LogP) is -0.499. The van der Waals surface area contributed by atoms with Gasteiger partial charge in [0.05, 0.1) is 6.10 Å². The minimum Gasteiger partial charge on any atom is -0.393 e. The molecule has 0 bridgehead atoms. The first-order valence-corrected chi connectivity index (χ1v) is 4.21. The number of rotatable bonds is 3. The molecular weight excluding hydrogens is 186 g/mol. The van der Waals surface area contributed by atoms with Crippen LogP contribution in [0.25, 0.3) is 0 Å².